The van der Waals surface area contributed by atoms with Crippen LogP contribution in [0.15, 0.2) is 48.5 Å². The Morgan fingerprint density at radius 2 is 1.81 bits per heavy atom. The molecule has 1 atom stereocenters. The SMILES string of the molecule is COc1ccc(OCC(=O)NCC(Cc2cccc(C)c2)C(=O)O)cc1. The highest BCUT2D eigenvalue weighted by molar-refractivity contribution is 5.78. The van der Waals surface area contributed by atoms with E-state index in [1.54, 1.807) is 31.4 Å². The maximum absolute atomic E-state index is 11.9. The van der Waals surface area contributed by atoms with Crippen LogP contribution < -0.4 is 14.8 Å². The quantitative estimate of drug-likeness (QED) is 0.720. The molecule has 0 saturated heterocycles. The summed E-state index contributed by atoms with van der Waals surface area (Å²) in [7, 11) is 1.57. The Morgan fingerprint density at radius 3 is 2.42 bits per heavy atom. The predicted molar refractivity (Wildman–Crippen MR) is 97.5 cm³/mol. The Kier molecular flexibility index (Phi) is 7.02. The second-order valence-electron chi connectivity index (χ2n) is 6.00. The number of amides is 1. The second kappa shape index (κ2) is 9.46. The number of hydrogen-bond acceptors (Lipinski definition) is 4. The maximum atomic E-state index is 11.9. The van der Waals surface area contributed by atoms with Crippen LogP contribution in [0.2, 0.25) is 0 Å². The van der Waals surface area contributed by atoms with Gasteiger partial charge in [-0.1, -0.05) is 29.8 Å². The number of hydrogen-bond donors (Lipinski definition) is 2. The highest BCUT2D eigenvalue weighted by Gasteiger charge is 2.19. The number of aryl methyl sites for hydroxylation is 1. The van der Waals surface area contributed by atoms with Crippen molar-refractivity contribution in [2.75, 3.05) is 20.3 Å². The van der Waals surface area contributed by atoms with Gasteiger partial charge in [0.15, 0.2) is 6.61 Å². The van der Waals surface area contributed by atoms with Crippen LogP contribution in [0.25, 0.3) is 0 Å². The molecule has 0 aromatic heterocycles. The number of methoxy groups -OCH3 is 1. The smallest absolute Gasteiger partial charge is 0.308 e. The lowest BCUT2D eigenvalue weighted by Gasteiger charge is -2.14. The highest BCUT2D eigenvalue weighted by atomic mass is 16.5. The van der Waals surface area contributed by atoms with Crippen LogP contribution in [0.5, 0.6) is 11.5 Å². The van der Waals surface area contributed by atoms with Gasteiger partial charge in [0.1, 0.15) is 11.5 Å². The third-order valence-electron chi connectivity index (χ3n) is 3.89. The third-order valence-corrected chi connectivity index (χ3v) is 3.89. The van der Waals surface area contributed by atoms with Crippen LogP contribution in [-0.4, -0.2) is 37.2 Å². The van der Waals surface area contributed by atoms with E-state index >= 15 is 0 Å². The van der Waals surface area contributed by atoms with Crippen LogP contribution in [0.4, 0.5) is 0 Å². The van der Waals surface area contributed by atoms with E-state index in [2.05, 4.69) is 5.32 Å². The first-order valence-electron chi connectivity index (χ1n) is 8.30. The fourth-order valence-corrected chi connectivity index (χ4v) is 2.48. The van der Waals surface area contributed by atoms with Crippen LogP contribution in [0.1, 0.15) is 11.1 Å². The van der Waals surface area contributed by atoms with E-state index in [-0.39, 0.29) is 19.1 Å². The molecule has 2 rings (SSSR count). The first kappa shape index (κ1) is 19.3. The van der Waals surface area contributed by atoms with Crippen molar-refractivity contribution in [2.24, 2.45) is 5.92 Å². The molecule has 0 aliphatic carbocycles. The third kappa shape index (κ3) is 6.12. The average molecular weight is 357 g/mol. The molecule has 0 heterocycles. The van der Waals surface area contributed by atoms with Gasteiger partial charge in [-0.25, -0.2) is 0 Å². The topological polar surface area (TPSA) is 84.9 Å². The summed E-state index contributed by atoms with van der Waals surface area (Å²) >= 11 is 0. The number of rotatable bonds is 9. The van der Waals surface area contributed by atoms with Crippen molar-refractivity contribution >= 4 is 11.9 Å². The van der Waals surface area contributed by atoms with Gasteiger partial charge in [-0.15, -0.1) is 0 Å². The molecule has 0 aliphatic rings. The van der Waals surface area contributed by atoms with E-state index in [1.165, 1.54) is 0 Å². The van der Waals surface area contributed by atoms with Crippen LogP contribution in [0, 0.1) is 12.8 Å². The average Bonchev–Trinajstić information content (AvgIpc) is 2.63. The first-order valence-corrected chi connectivity index (χ1v) is 8.30. The molecular formula is C20H23NO5. The number of carbonyl (C=O) groups excluding carboxylic acids is 1. The highest BCUT2D eigenvalue weighted by Crippen LogP contribution is 2.16. The number of nitrogens with one attached hydrogen (secondary N) is 1. The minimum Gasteiger partial charge on any atom is -0.497 e. The van der Waals surface area contributed by atoms with Gasteiger partial charge in [0.25, 0.3) is 5.91 Å². The minimum absolute atomic E-state index is 0.0497. The zero-order valence-corrected chi connectivity index (χ0v) is 14.9. The normalized spacial score (nSPS) is 11.5. The van der Waals surface area contributed by atoms with E-state index in [9.17, 15) is 14.7 Å². The Labute approximate surface area is 152 Å². The van der Waals surface area contributed by atoms with Crippen molar-refractivity contribution in [3.63, 3.8) is 0 Å². The number of carbonyl (C=O) groups is 2. The number of carboxylic acids is 1. The fourth-order valence-electron chi connectivity index (χ4n) is 2.48. The summed E-state index contributed by atoms with van der Waals surface area (Å²) in [5.74, 6) is -0.765. The summed E-state index contributed by atoms with van der Waals surface area (Å²) in [5, 5.41) is 12.0. The number of ether oxygens (including phenoxy) is 2. The van der Waals surface area contributed by atoms with Gasteiger partial charge >= 0.3 is 5.97 Å². The van der Waals surface area contributed by atoms with Gasteiger partial charge < -0.3 is 19.9 Å². The van der Waals surface area contributed by atoms with Crippen molar-refractivity contribution in [1.29, 1.82) is 0 Å². The molecule has 1 unspecified atom stereocenters. The van der Waals surface area contributed by atoms with Crippen molar-refractivity contribution in [3.05, 3.63) is 59.7 Å². The van der Waals surface area contributed by atoms with Crippen molar-refractivity contribution in [1.82, 2.24) is 5.32 Å². The predicted octanol–water partition coefficient (Wildman–Crippen LogP) is 2.44. The van der Waals surface area contributed by atoms with Crippen molar-refractivity contribution in [3.8, 4) is 11.5 Å². The molecule has 2 aromatic rings. The van der Waals surface area contributed by atoms with Crippen molar-refractivity contribution < 1.29 is 24.2 Å². The van der Waals surface area contributed by atoms with Gasteiger partial charge in [0.2, 0.25) is 0 Å². The molecule has 0 spiro atoms. The summed E-state index contributed by atoms with van der Waals surface area (Å²) in [6.45, 7) is 1.83. The lowest BCUT2D eigenvalue weighted by Crippen LogP contribution is -2.36. The minimum atomic E-state index is -0.942. The summed E-state index contributed by atoms with van der Waals surface area (Å²) in [6, 6.07) is 14.5. The van der Waals surface area contributed by atoms with Gasteiger partial charge in [-0.05, 0) is 43.2 Å². The summed E-state index contributed by atoms with van der Waals surface area (Å²) in [5.41, 5.74) is 2.00. The van der Waals surface area contributed by atoms with Crippen LogP contribution in [0.3, 0.4) is 0 Å². The molecule has 138 valence electrons. The molecule has 6 nitrogen and oxygen atoms in total. The van der Waals surface area contributed by atoms with Crippen molar-refractivity contribution in [2.45, 2.75) is 13.3 Å². The molecule has 0 bridgehead atoms. The van der Waals surface area contributed by atoms with E-state index in [0.29, 0.717) is 17.9 Å². The molecule has 0 saturated carbocycles. The molecule has 2 aromatic carbocycles. The molecule has 1 amide bonds. The molecule has 2 N–H and O–H groups in total. The molecular weight excluding hydrogens is 334 g/mol. The van der Waals surface area contributed by atoms with Crippen LogP contribution >= 0.6 is 0 Å². The fraction of sp³-hybridized carbons (Fsp3) is 0.300. The summed E-state index contributed by atoms with van der Waals surface area (Å²) < 4.78 is 10.4. The van der Waals surface area contributed by atoms with Gasteiger partial charge in [-0.3, -0.25) is 9.59 Å². The largest absolute Gasteiger partial charge is 0.497 e. The Hall–Kier alpha value is -3.02. The maximum Gasteiger partial charge on any atom is 0.308 e. The van der Waals surface area contributed by atoms with Crippen LogP contribution in [-0.2, 0) is 16.0 Å². The second-order valence-corrected chi connectivity index (χ2v) is 6.00. The first-order chi connectivity index (χ1) is 12.5. The Balaban J connectivity index is 1.81. The Bertz CT molecular complexity index is 742. The lowest BCUT2D eigenvalue weighted by molar-refractivity contribution is -0.141. The number of benzene rings is 2. The lowest BCUT2D eigenvalue weighted by atomic mass is 9.98. The van der Waals surface area contributed by atoms with Gasteiger partial charge in [0.05, 0.1) is 13.0 Å². The standard InChI is InChI=1S/C20H23NO5/c1-14-4-3-5-15(10-14)11-16(20(23)24)12-21-19(22)13-26-18-8-6-17(25-2)7-9-18/h3-10,16H,11-13H2,1-2H3,(H,21,22)(H,23,24). The molecule has 0 aliphatic heterocycles. The van der Waals surface area contributed by atoms with E-state index < -0.39 is 11.9 Å². The zero-order chi connectivity index (χ0) is 18.9. The van der Waals surface area contributed by atoms with Gasteiger partial charge in [-0.2, -0.15) is 0 Å². The molecule has 6 heteroatoms. The Morgan fingerprint density at radius 1 is 1.12 bits per heavy atom. The van der Waals surface area contributed by atoms with E-state index in [0.717, 1.165) is 11.1 Å². The molecule has 0 radical (unpaired) electrons. The number of carboxylic acid groups (broad SMARTS) is 1. The summed E-state index contributed by atoms with van der Waals surface area (Å²) in [4.78, 5) is 23.4. The molecule has 26 heavy (non-hydrogen) atoms. The summed E-state index contributed by atoms with van der Waals surface area (Å²) in [6.07, 6.45) is 0.358. The van der Waals surface area contributed by atoms with E-state index in [1.807, 2.05) is 31.2 Å². The monoisotopic (exact) mass is 357 g/mol. The van der Waals surface area contributed by atoms with Gasteiger partial charge in [0, 0.05) is 6.54 Å². The molecule has 0 fully saturated rings. The number of aliphatic carboxylic acids is 1. The zero-order valence-electron chi connectivity index (χ0n) is 14.9. The van der Waals surface area contributed by atoms with E-state index in [4.69, 9.17) is 9.47 Å².